The summed E-state index contributed by atoms with van der Waals surface area (Å²) < 4.78 is 0. The summed E-state index contributed by atoms with van der Waals surface area (Å²) in [5.74, 6) is -1.40. The summed E-state index contributed by atoms with van der Waals surface area (Å²) in [5, 5.41) is 17.5. The van der Waals surface area contributed by atoms with Crippen molar-refractivity contribution in [2.45, 2.75) is 103 Å². The zero-order valence-electron chi connectivity index (χ0n) is 17.9. The molecule has 0 saturated carbocycles. The maximum Gasteiger partial charge on any atom is 0.311 e. The molecule has 0 aliphatic rings. The van der Waals surface area contributed by atoms with Crippen molar-refractivity contribution in [3.05, 3.63) is 0 Å². The summed E-state index contributed by atoms with van der Waals surface area (Å²) >= 11 is 0. The Morgan fingerprint density at radius 3 is 1.11 bits per heavy atom. The van der Waals surface area contributed by atoms with Gasteiger partial charge in [-0.1, -0.05) is 77.0 Å². The van der Waals surface area contributed by atoms with Crippen molar-refractivity contribution in [3.63, 3.8) is 0 Å². The highest BCUT2D eigenvalue weighted by atomic mass is 16.3. The predicted molar refractivity (Wildman–Crippen MR) is 114 cm³/mol. The zero-order chi connectivity index (χ0) is 20.9. The van der Waals surface area contributed by atoms with E-state index < -0.39 is 11.8 Å². The summed E-state index contributed by atoms with van der Waals surface area (Å²) in [6, 6.07) is 0. The lowest BCUT2D eigenvalue weighted by atomic mass is 10.1. The number of carbonyl (C=O) groups excluding carboxylic acids is 2. The largest absolute Gasteiger partial charge is 0.396 e. The van der Waals surface area contributed by atoms with Crippen molar-refractivity contribution >= 4 is 11.8 Å². The quantitative estimate of drug-likeness (QED) is 0.215. The molecule has 0 spiro atoms. The number of unbranched alkanes of at least 4 members (excludes halogenated alkanes) is 14. The Labute approximate surface area is 171 Å². The van der Waals surface area contributed by atoms with Gasteiger partial charge in [-0.05, 0) is 25.7 Å². The third kappa shape index (κ3) is 17.0. The Balaban J connectivity index is 3.78. The Hall–Kier alpha value is -1.14. The number of aliphatic hydroxyl groups is 2. The minimum Gasteiger partial charge on any atom is -0.396 e. The van der Waals surface area contributed by atoms with Gasteiger partial charge in [-0.3, -0.25) is 9.59 Å². The van der Waals surface area contributed by atoms with E-state index in [1.807, 2.05) is 0 Å². The molecule has 0 radical (unpaired) electrons. The number of primary amides is 1. The highest BCUT2D eigenvalue weighted by Gasteiger charge is 2.17. The van der Waals surface area contributed by atoms with Gasteiger partial charge in [-0.25, -0.2) is 0 Å². The van der Waals surface area contributed by atoms with E-state index in [2.05, 4.69) is 0 Å². The molecule has 4 N–H and O–H groups in total. The molecule has 0 rings (SSSR count). The molecule has 0 heterocycles. The Bertz CT molecular complexity index is 356. The number of rotatable bonds is 20. The molecule has 166 valence electrons. The van der Waals surface area contributed by atoms with E-state index >= 15 is 0 Å². The fraction of sp³-hybridized carbons (Fsp3) is 0.909. The van der Waals surface area contributed by atoms with Crippen LogP contribution in [-0.2, 0) is 9.59 Å². The average Bonchev–Trinajstić information content (AvgIpc) is 2.69. The molecule has 28 heavy (non-hydrogen) atoms. The molecule has 0 aromatic heterocycles. The van der Waals surface area contributed by atoms with E-state index in [0.29, 0.717) is 13.1 Å². The van der Waals surface area contributed by atoms with Gasteiger partial charge in [0.25, 0.3) is 0 Å². The van der Waals surface area contributed by atoms with Gasteiger partial charge in [-0.2, -0.15) is 0 Å². The Morgan fingerprint density at radius 2 is 0.821 bits per heavy atom. The van der Waals surface area contributed by atoms with Crippen LogP contribution >= 0.6 is 0 Å². The van der Waals surface area contributed by atoms with Gasteiger partial charge in [0.15, 0.2) is 0 Å². The van der Waals surface area contributed by atoms with Crippen molar-refractivity contribution in [1.82, 2.24) is 4.90 Å². The minimum atomic E-state index is -0.854. The molecule has 6 nitrogen and oxygen atoms in total. The van der Waals surface area contributed by atoms with E-state index in [-0.39, 0.29) is 13.2 Å². The Kier molecular flexibility index (Phi) is 19.8. The first-order valence-electron chi connectivity index (χ1n) is 11.4. The molecule has 0 unspecified atom stereocenters. The smallest absolute Gasteiger partial charge is 0.311 e. The maximum atomic E-state index is 12.0. The minimum absolute atomic E-state index is 0.286. The van der Waals surface area contributed by atoms with Crippen LogP contribution in [-0.4, -0.2) is 53.2 Å². The first-order chi connectivity index (χ1) is 13.6. The Morgan fingerprint density at radius 1 is 0.536 bits per heavy atom. The summed E-state index contributed by atoms with van der Waals surface area (Å²) in [4.78, 5) is 24.9. The number of hydrogen-bond acceptors (Lipinski definition) is 4. The van der Waals surface area contributed by atoms with Crippen LogP contribution < -0.4 is 5.73 Å². The third-order valence-electron chi connectivity index (χ3n) is 5.17. The number of hydrogen-bond donors (Lipinski definition) is 3. The first kappa shape index (κ1) is 26.9. The fourth-order valence-corrected chi connectivity index (χ4v) is 3.42. The van der Waals surface area contributed by atoms with Crippen molar-refractivity contribution in [1.29, 1.82) is 0 Å². The summed E-state index contributed by atoms with van der Waals surface area (Å²) in [7, 11) is 0. The molecule has 0 fully saturated rings. The lowest BCUT2D eigenvalue weighted by Crippen LogP contribution is -2.41. The molecule has 0 saturated heterocycles. The van der Waals surface area contributed by atoms with Gasteiger partial charge < -0.3 is 20.8 Å². The van der Waals surface area contributed by atoms with Gasteiger partial charge in [0.1, 0.15) is 0 Å². The van der Waals surface area contributed by atoms with E-state index in [9.17, 15) is 9.59 Å². The zero-order valence-corrected chi connectivity index (χ0v) is 17.9. The van der Waals surface area contributed by atoms with Crippen LogP contribution in [0.3, 0.4) is 0 Å². The van der Waals surface area contributed by atoms with Crippen molar-refractivity contribution < 1.29 is 19.8 Å². The van der Waals surface area contributed by atoms with Gasteiger partial charge in [0, 0.05) is 26.3 Å². The highest BCUT2D eigenvalue weighted by molar-refractivity contribution is 6.34. The second kappa shape index (κ2) is 20.6. The number of nitrogens with two attached hydrogens (primary N) is 1. The second-order valence-corrected chi connectivity index (χ2v) is 7.76. The van der Waals surface area contributed by atoms with Crippen LogP contribution in [0.5, 0.6) is 0 Å². The van der Waals surface area contributed by atoms with Crippen LogP contribution in [0, 0.1) is 0 Å². The van der Waals surface area contributed by atoms with Gasteiger partial charge >= 0.3 is 11.8 Å². The van der Waals surface area contributed by atoms with Gasteiger partial charge in [-0.15, -0.1) is 0 Å². The normalized spacial score (nSPS) is 10.9. The molecular formula is C22H44N2O4. The number of nitrogens with zero attached hydrogens (tertiary/aromatic N) is 1. The molecule has 6 heteroatoms. The molecule has 2 amide bonds. The second-order valence-electron chi connectivity index (χ2n) is 7.76. The standard InChI is InChI=1S/C22H44N2O4/c23-21(27)22(28)24(17-13-9-5-1-3-7-11-15-19-25)18-14-10-6-2-4-8-12-16-20-26/h25-26H,1-20H2,(H2,23,27). The molecule has 0 bridgehead atoms. The highest BCUT2D eigenvalue weighted by Crippen LogP contribution is 2.11. The molecule has 0 aromatic carbocycles. The van der Waals surface area contributed by atoms with E-state index in [0.717, 1.165) is 64.2 Å². The van der Waals surface area contributed by atoms with Crippen LogP contribution in [0.15, 0.2) is 0 Å². The number of aliphatic hydroxyl groups excluding tert-OH is 2. The molecule has 0 aliphatic heterocycles. The fourth-order valence-electron chi connectivity index (χ4n) is 3.42. The predicted octanol–water partition coefficient (Wildman–Crippen LogP) is 3.53. The molecule has 0 aliphatic carbocycles. The van der Waals surface area contributed by atoms with E-state index in [4.69, 9.17) is 15.9 Å². The number of carbonyl (C=O) groups is 2. The van der Waals surface area contributed by atoms with Crippen LogP contribution in [0.1, 0.15) is 103 Å². The van der Waals surface area contributed by atoms with Crippen molar-refractivity contribution in [2.24, 2.45) is 5.73 Å². The monoisotopic (exact) mass is 400 g/mol. The summed E-state index contributed by atoms with van der Waals surface area (Å²) in [5.41, 5.74) is 5.19. The SMILES string of the molecule is NC(=O)C(=O)N(CCCCCCCCCCO)CCCCCCCCCCO. The lowest BCUT2D eigenvalue weighted by Gasteiger charge is -2.21. The van der Waals surface area contributed by atoms with Crippen LogP contribution in [0.25, 0.3) is 0 Å². The van der Waals surface area contributed by atoms with Crippen molar-refractivity contribution in [3.8, 4) is 0 Å². The summed E-state index contributed by atoms with van der Waals surface area (Å²) in [6.07, 6.45) is 17.4. The average molecular weight is 401 g/mol. The summed E-state index contributed by atoms with van der Waals surface area (Å²) in [6.45, 7) is 1.81. The lowest BCUT2D eigenvalue weighted by molar-refractivity contribution is -0.144. The topological polar surface area (TPSA) is 104 Å². The van der Waals surface area contributed by atoms with Gasteiger partial charge in [0.2, 0.25) is 0 Å². The molecule has 0 atom stereocenters. The van der Waals surface area contributed by atoms with Crippen LogP contribution in [0.2, 0.25) is 0 Å². The van der Waals surface area contributed by atoms with Crippen molar-refractivity contribution in [2.75, 3.05) is 26.3 Å². The van der Waals surface area contributed by atoms with Crippen LogP contribution in [0.4, 0.5) is 0 Å². The van der Waals surface area contributed by atoms with E-state index in [1.165, 1.54) is 38.5 Å². The number of amides is 2. The first-order valence-corrected chi connectivity index (χ1v) is 11.4. The third-order valence-corrected chi connectivity index (χ3v) is 5.17. The van der Waals surface area contributed by atoms with Gasteiger partial charge in [0.05, 0.1) is 0 Å². The molecule has 0 aromatic rings. The molecular weight excluding hydrogens is 356 g/mol. The van der Waals surface area contributed by atoms with E-state index in [1.54, 1.807) is 4.90 Å². The maximum absolute atomic E-state index is 12.0.